The molecule has 0 radical (unpaired) electrons. The fourth-order valence-electron chi connectivity index (χ4n) is 5.55. The van der Waals surface area contributed by atoms with Crippen LogP contribution >= 0.6 is 12.4 Å². The fourth-order valence-corrected chi connectivity index (χ4v) is 5.55. The van der Waals surface area contributed by atoms with Crippen LogP contribution in [0.25, 0.3) is 0 Å². The number of halogens is 3. The molecule has 2 aliphatic heterocycles. The third-order valence-electron chi connectivity index (χ3n) is 8.65. The van der Waals surface area contributed by atoms with E-state index in [0.717, 1.165) is 0 Å². The molecule has 3 amide bonds. The zero-order valence-corrected chi connectivity index (χ0v) is 35.0. The van der Waals surface area contributed by atoms with Gasteiger partial charge in [0.1, 0.15) is 36.8 Å². The van der Waals surface area contributed by atoms with Gasteiger partial charge in [-0.1, -0.05) is 31.7 Å². The van der Waals surface area contributed by atoms with Gasteiger partial charge >= 0.3 is 5.97 Å². The maximum atomic E-state index is 13.8. The number of esters is 1. The molecule has 0 unspecified atom stereocenters. The Bertz CT molecular complexity index is 2600. The van der Waals surface area contributed by atoms with Gasteiger partial charge in [0.2, 0.25) is 5.91 Å². The smallest absolute Gasteiger partial charge is 0.358 e. The molecule has 0 fully saturated rings. The van der Waals surface area contributed by atoms with Crippen LogP contribution in [-0.2, 0) is 14.3 Å². The van der Waals surface area contributed by atoms with Gasteiger partial charge in [-0.2, -0.15) is 10.2 Å². The van der Waals surface area contributed by atoms with Gasteiger partial charge in [0, 0.05) is 38.6 Å². The van der Waals surface area contributed by atoms with Crippen molar-refractivity contribution in [3.63, 3.8) is 0 Å². The number of hydrogen-bond acceptors (Lipinski definition) is 16. The van der Waals surface area contributed by atoms with Crippen LogP contribution in [0, 0.1) is 11.6 Å². The summed E-state index contributed by atoms with van der Waals surface area (Å²) in [6.45, 7) is 2.04. The van der Waals surface area contributed by atoms with Crippen molar-refractivity contribution in [2.75, 3.05) is 43.7 Å². The van der Waals surface area contributed by atoms with E-state index in [0.29, 0.717) is 23.1 Å². The first-order chi connectivity index (χ1) is 30.4. The Hall–Kier alpha value is -7.91. The van der Waals surface area contributed by atoms with Crippen molar-refractivity contribution >= 4 is 47.7 Å². The molecule has 19 nitrogen and oxygen atoms in total. The molecule has 0 bridgehead atoms. The summed E-state index contributed by atoms with van der Waals surface area (Å²) in [6.07, 6.45) is 5.69. The molecular formula is C43H43ClF2N10O9. The minimum absolute atomic E-state index is 0. The third-order valence-corrected chi connectivity index (χ3v) is 8.65. The number of nitrogens with one attached hydrogen (secondary N) is 1. The second-order valence-corrected chi connectivity index (χ2v) is 13.0. The highest BCUT2D eigenvalue weighted by Crippen LogP contribution is 2.29. The number of rotatable bonds is 8. The molecule has 65 heavy (non-hydrogen) atoms. The van der Waals surface area contributed by atoms with E-state index in [2.05, 4.69) is 35.7 Å². The number of pyridine rings is 2. The van der Waals surface area contributed by atoms with Gasteiger partial charge in [-0.25, -0.2) is 23.5 Å². The molecule has 6 heterocycles. The number of carbonyl (C=O) groups excluding carboxylic acids is 4. The highest BCUT2D eigenvalue weighted by molar-refractivity contribution is 6.02. The molecule has 0 spiro atoms. The lowest BCUT2D eigenvalue weighted by Gasteiger charge is -2.19. The second-order valence-electron chi connectivity index (χ2n) is 13.0. The van der Waals surface area contributed by atoms with Gasteiger partial charge in [-0.05, 0) is 55.5 Å². The first-order valence-electron chi connectivity index (χ1n) is 18.9. The Morgan fingerprint density at radius 2 is 1.25 bits per heavy atom. The number of fused-ring (bicyclic) bond motifs is 2. The fraction of sp³-hybridized carbons (Fsp3) is 0.209. The summed E-state index contributed by atoms with van der Waals surface area (Å²) < 4.78 is 53.6. The minimum atomic E-state index is -0.963. The Balaban J connectivity index is 0.000000227. The highest BCUT2D eigenvalue weighted by Gasteiger charge is 2.32. The van der Waals surface area contributed by atoms with Gasteiger partial charge in [-0.3, -0.25) is 24.2 Å². The largest absolute Gasteiger partial charge is 0.488 e. The summed E-state index contributed by atoms with van der Waals surface area (Å²) in [5.41, 5.74) is 5.52. The molecule has 2 atom stereocenters. The van der Waals surface area contributed by atoms with Crippen LogP contribution in [0.2, 0.25) is 0 Å². The second kappa shape index (κ2) is 23.5. The summed E-state index contributed by atoms with van der Waals surface area (Å²) >= 11 is 0. The molecule has 340 valence electrons. The SMILES string of the molecule is C.CCOC(=O)c1cc(Oc2ccccc2F)cnn1.CN1C(=O)[C@@H](N)COc2cccnc21.CN1C(=O)[C@@H](NC(=O)c2cc(Oc3ccccc3F)cnn2)COc2cccnc21.Cl. The Morgan fingerprint density at radius 3 is 1.78 bits per heavy atom. The van der Waals surface area contributed by atoms with Crippen LogP contribution in [0.4, 0.5) is 20.4 Å². The zero-order valence-electron chi connectivity index (χ0n) is 34.2. The van der Waals surface area contributed by atoms with Crippen LogP contribution in [0.5, 0.6) is 34.5 Å². The predicted octanol–water partition coefficient (Wildman–Crippen LogP) is 5.36. The number of para-hydroxylation sites is 2. The van der Waals surface area contributed by atoms with E-state index in [1.807, 2.05) is 0 Å². The van der Waals surface area contributed by atoms with Gasteiger partial charge in [0.15, 0.2) is 57.7 Å². The van der Waals surface area contributed by atoms with Gasteiger partial charge in [0.05, 0.1) is 19.0 Å². The molecule has 0 saturated heterocycles. The van der Waals surface area contributed by atoms with E-state index in [4.69, 9.17) is 29.4 Å². The minimum Gasteiger partial charge on any atom is -0.488 e. The maximum absolute atomic E-state index is 13.8. The van der Waals surface area contributed by atoms with E-state index >= 15 is 0 Å². The van der Waals surface area contributed by atoms with E-state index < -0.39 is 41.5 Å². The normalized spacial score (nSPS) is 14.7. The first kappa shape index (κ1) is 49.7. The number of benzene rings is 2. The number of carbonyl (C=O) groups is 4. The molecule has 0 saturated carbocycles. The van der Waals surface area contributed by atoms with Crippen molar-refractivity contribution in [3.8, 4) is 34.5 Å². The van der Waals surface area contributed by atoms with Crippen molar-refractivity contribution in [1.82, 2.24) is 35.7 Å². The monoisotopic (exact) mass is 916 g/mol. The number of nitrogens with two attached hydrogens (primary N) is 1. The van der Waals surface area contributed by atoms with Crippen LogP contribution in [0.3, 0.4) is 0 Å². The molecular weight excluding hydrogens is 874 g/mol. The first-order valence-corrected chi connectivity index (χ1v) is 18.9. The van der Waals surface area contributed by atoms with Crippen LogP contribution in [0.1, 0.15) is 35.3 Å². The van der Waals surface area contributed by atoms with Crippen molar-refractivity contribution in [3.05, 3.63) is 133 Å². The van der Waals surface area contributed by atoms with Gasteiger partial charge in [-0.15, -0.1) is 22.6 Å². The Labute approximate surface area is 377 Å². The van der Waals surface area contributed by atoms with E-state index in [-0.39, 0.29) is 79.9 Å². The highest BCUT2D eigenvalue weighted by atomic mass is 35.5. The number of aromatic nitrogens is 6. The number of likely N-dealkylation sites (N-methyl/N-ethyl adjacent to an activating group) is 2. The Morgan fingerprint density at radius 1 is 0.754 bits per heavy atom. The topological polar surface area (TPSA) is 236 Å². The Kier molecular flexibility index (Phi) is 18.0. The van der Waals surface area contributed by atoms with Crippen LogP contribution < -0.4 is 39.8 Å². The summed E-state index contributed by atoms with van der Waals surface area (Å²) in [4.78, 5) is 59.3. The van der Waals surface area contributed by atoms with Crippen molar-refractivity contribution in [2.24, 2.45) is 5.73 Å². The van der Waals surface area contributed by atoms with E-state index in [1.165, 1.54) is 64.7 Å². The molecule has 0 aliphatic carbocycles. The van der Waals surface area contributed by atoms with Gasteiger partial charge in [0.25, 0.3) is 11.8 Å². The zero-order chi connectivity index (χ0) is 44.9. The average molecular weight is 917 g/mol. The lowest BCUT2D eigenvalue weighted by atomic mass is 10.2. The molecule has 22 heteroatoms. The standard InChI is InChI=1S/C20H16FN5O4.C13H11FN2O3.C9H11N3O2.CH4.ClH/c1-26-18-17(7-4-8-22-18)29-11-15(20(26)28)24-19(27)14-9-12(10-23-25-14)30-16-6-3-2-5-13(16)21;1-2-18-13(17)11-7-9(8-15-16-11)19-12-6-4-3-5-10(12)14;1-12-8-7(3-2-4-11-8)14-5-6(10)9(12)13;;/h2-10,15H,11H2,1H3,(H,24,27);3-8H,2H2,1H3;2-4,6H,5,10H2,1H3;1H4;1H/t15-;;6-;;/m0.0../s1. The average Bonchev–Trinajstić information content (AvgIpc) is 3.49. The predicted molar refractivity (Wildman–Crippen MR) is 232 cm³/mol. The van der Waals surface area contributed by atoms with Crippen LogP contribution in [0.15, 0.2) is 110 Å². The van der Waals surface area contributed by atoms with Gasteiger partial charge < -0.3 is 34.7 Å². The number of ether oxygens (including phenoxy) is 5. The van der Waals surface area contributed by atoms with Crippen molar-refractivity contribution in [1.29, 1.82) is 0 Å². The number of nitrogens with zero attached hydrogens (tertiary/aromatic N) is 8. The number of amides is 3. The summed E-state index contributed by atoms with van der Waals surface area (Å²) in [7, 11) is 3.19. The quantitative estimate of drug-likeness (QED) is 0.183. The number of hydrogen-bond donors (Lipinski definition) is 2. The third kappa shape index (κ3) is 12.8. The van der Waals surface area contributed by atoms with Crippen molar-refractivity contribution < 1.29 is 51.6 Å². The molecule has 4 aromatic heterocycles. The maximum Gasteiger partial charge on any atom is 0.358 e. The molecule has 2 aliphatic rings. The summed E-state index contributed by atoms with van der Waals surface area (Å²) in [5, 5.41) is 17.3. The number of anilines is 2. The summed E-state index contributed by atoms with van der Waals surface area (Å²) in [5.74, 6) is -0.623. The molecule has 8 rings (SSSR count). The van der Waals surface area contributed by atoms with E-state index in [1.54, 1.807) is 75.9 Å². The van der Waals surface area contributed by atoms with E-state index in [9.17, 15) is 28.0 Å². The molecule has 2 aromatic carbocycles. The molecule has 6 aromatic rings. The lowest BCUT2D eigenvalue weighted by Crippen LogP contribution is -2.49. The summed E-state index contributed by atoms with van der Waals surface area (Å²) in [6, 6.07) is 19.7. The van der Waals surface area contributed by atoms with Crippen LogP contribution in [-0.4, -0.2) is 100 Å². The van der Waals surface area contributed by atoms with Crippen molar-refractivity contribution in [2.45, 2.75) is 26.4 Å². The lowest BCUT2D eigenvalue weighted by molar-refractivity contribution is -0.121. The molecule has 3 N–H and O–H groups in total.